The summed E-state index contributed by atoms with van der Waals surface area (Å²) in [7, 11) is 0. The molecule has 0 aliphatic heterocycles. The highest BCUT2D eigenvalue weighted by Gasteiger charge is 2.39. The van der Waals surface area contributed by atoms with Crippen LogP contribution in [0.25, 0.3) is 0 Å². The van der Waals surface area contributed by atoms with E-state index in [0.717, 1.165) is 4.68 Å². The third kappa shape index (κ3) is 2.27. The maximum Gasteiger partial charge on any atom is 0.436 e. The predicted molar refractivity (Wildman–Crippen MR) is 51.2 cm³/mol. The molecule has 4 nitrogen and oxygen atoms in total. The van der Waals surface area contributed by atoms with Gasteiger partial charge >= 0.3 is 6.18 Å². The van der Waals surface area contributed by atoms with Gasteiger partial charge < -0.3 is 5.73 Å². The summed E-state index contributed by atoms with van der Waals surface area (Å²) in [6.45, 7) is 3.89. The Morgan fingerprint density at radius 2 is 2.06 bits per heavy atom. The van der Waals surface area contributed by atoms with E-state index in [4.69, 9.17) is 11.0 Å². The van der Waals surface area contributed by atoms with Crippen LogP contribution in [-0.4, -0.2) is 9.78 Å². The number of rotatable bonds is 2. The van der Waals surface area contributed by atoms with Crippen molar-refractivity contribution >= 4 is 5.82 Å². The van der Waals surface area contributed by atoms with Crippen molar-refractivity contribution in [3.05, 3.63) is 11.3 Å². The molecule has 0 saturated carbocycles. The summed E-state index contributed by atoms with van der Waals surface area (Å²) in [6.07, 6.45) is -4.65. The fraction of sp³-hybridized carbons (Fsp3) is 0.556. The van der Waals surface area contributed by atoms with Crippen LogP contribution in [0.3, 0.4) is 0 Å². The molecule has 7 heteroatoms. The number of aromatic nitrogens is 2. The molecule has 1 heterocycles. The molecule has 16 heavy (non-hydrogen) atoms. The Bertz CT molecular complexity index is 425. The van der Waals surface area contributed by atoms with Crippen LogP contribution in [0.4, 0.5) is 19.0 Å². The second-order valence-corrected chi connectivity index (χ2v) is 3.79. The van der Waals surface area contributed by atoms with Gasteiger partial charge in [0.1, 0.15) is 17.5 Å². The Labute approximate surface area is 90.5 Å². The zero-order chi connectivity index (χ0) is 12.5. The first kappa shape index (κ1) is 12.4. The SMILES string of the molecule is CC(C)Cn1nc(C(F)(F)F)c(C#N)c1N. The van der Waals surface area contributed by atoms with E-state index >= 15 is 0 Å². The number of halogens is 3. The molecule has 0 aliphatic carbocycles. The maximum atomic E-state index is 12.5. The predicted octanol–water partition coefficient (Wildman–Crippen LogP) is 2.01. The molecule has 0 atom stereocenters. The summed E-state index contributed by atoms with van der Waals surface area (Å²) in [5, 5.41) is 12.0. The van der Waals surface area contributed by atoms with Gasteiger partial charge in [-0.25, -0.2) is 4.68 Å². The van der Waals surface area contributed by atoms with Crippen LogP contribution in [0, 0.1) is 17.2 Å². The summed E-state index contributed by atoms with van der Waals surface area (Å²) in [4.78, 5) is 0. The van der Waals surface area contributed by atoms with E-state index in [-0.39, 0.29) is 18.3 Å². The lowest BCUT2D eigenvalue weighted by atomic mass is 10.2. The van der Waals surface area contributed by atoms with Crippen LogP contribution in [0.2, 0.25) is 0 Å². The topological polar surface area (TPSA) is 67.6 Å². The van der Waals surface area contributed by atoms with E-state index < -0.39 is 17.4 Å². The quantitative estimate of drug-likeness (QED) is 0.848. The lowest BCUT2D eigenvalue weighted by Crippen LogP contribution is -2.11. The normalized spacial score (nSPS) is 11.8. The van der Waals surface area contributed by atoms with Gasteiger partial charge in [-0.2, -0.15) is 23.5 Å². The van der Waals surface area contributed by atoms with Crippen LogP contribution in [0.1, 0.15) is 25.1 Å². The van der Waals surface area contributed by atoms with E-state index in [1.807, 2.05) is 13.8 Å². The van der Waals surface area contributed by atoms with Crippen molar-refractivity contribution in [1.82, 2.24) is 9.78 Å². The molecule has 0 saturated heterocycles. The summed E-state index contributed by atoms with van der Waals surface area (Å²) in [5.41, 5.74) is 3.62. The molecule has 1 rings (SSSR count). The minimum atomic E-state index is -4.65. The van der Waals surface area contributed by atoms with E-state index in [1.54, 1.807) is 0 Å². The van der Waals surface area contributed by atoms with Crippen LogP contribution in [0.15, 0.2) is 0 Å². The monoisotopic (exact) mass is 232 g/mol. The Morgan fingerprint density at radius 3 is 2.38 bits per heavy atom. The van der Waals surface area contributed by atoms with E-state index in [9.17, 15) is 13.2 Å². The van der Waals surface area contributed by atoms with Crippen LogP contribution < -0.4 is 5.73 Å². The molecule has 2 N–H and O–H groups in total. The van der Waals surface area contributed by atoms with Crippen LogP contribution >= 0.6 is 0 Å². The summed E-state index contributed by atoms with van der Waals surface area (Å²) in [6, 6.07) is 1.44. The maximum absolute atomic E-state index is 12.5. The molecule has 1 aromatic heterocycles. The van der Waals surface area contributed by atoms with Gasteiger partial charge in [0, 0.05) is 6.54 Å². The van der Waals surface area contributed by atoms with Gasteiger partial charge in [0.2, 0.25) is 0 Å². The third-order valence-electron chi connectivity index (χ3n) is 1.91. The number of alkyl halides is 3. The fourth-order valence-corrected chi connectivity index (χ4v) is 1.27. The zero-order valence-corrected chi connectivity index (χ0v) is 8.84. The van der Waals surface area contributed by atoms with Crippen molar-refractivity contribution in [3.63, 3.8) is 0 Å². The molecule has 88 valence electrons. The molecule has 0 aliphatic rings. The Kier molecular flexibility index (Phi) is 3.12. The second kappa shape index (κ2) is 4.04. The largest absolute Gasteiger partial charge is 0.436 e. The van der Waals surface area contributed by atoms with Crippen molar-refractivity contribution in [2.45, 2.75) is 26.6 Å². The van der Waals surface area contributed by atoms with Crippen molar-refractivity contribution in [1.29, 1.82) is 5.26 Å². The molecule has 1 aromatic rings. The van der Waals surface area contributed by atoms with Gasteiger partial charge in [0.05, 0.1) is 0 Å². The highest BCUT2D eigenvalue weighted by Crippen LogP contribution is 2.33. The minimum absolute atomic E-state index is 0.0924. The molecule has 0 bridgehead atoms. The molecule has 0 unspecified atom stereocenters. The average molecular weight is 232 g/mol. The Balaban J connectivity index is 3.27. The molecule has 0 aromatic carbocycles. The van der Waals surface area contributed by atoms with Crippen LogP contribution in [0.5, 0.6) is 0 Å². The molecule has 0 radical (unpaired) electrons. The second-order valence-electron chi connectivity index (χ2n) is 3.79. The minimum Gasteiger partial charge on any atom is -0.383 e. The number of nitrogens with two attached hydrogens (primary N) is 1. The summed E-state index contributed by atoms with van der Waals surface area (Å²) >= 11 is 0. The van der Waals surface area contributed by atoms with Gasteiger partial charge in [-0.05, 0) is 5.92 Å². The number of hydrogen-bond acceptors (Lipinski definition) is 3. The Hall–Kier alpha value is -1.71. The molecular weight excluding hydrogens is 221 g/mol. The first-order valence-electron chi connectivity index (χ1n) is 4.61. The third-order valence-corrected chi connectivity index (χ3v) is 1.91. The summed E-state index contributed by atoms with van der Waals surface area (Å²) < 4.78 is 38.5. The van der Waals surface area contributed by atoms with E-state index in [0.29, 0.717) is 0 Å². The lowest BCUT2D eigenvalue weighted by Gasteiger charge is -2.06. The summed E-state index contributed by atoms with van der Waals surface area (Å²) in [5.74, 6) is -0.140. The van der Waals surface area contributed by atoms with Crippen molar-refractivity contribution in [2.75, 3.05) is 5.73 Å². The zero-order valence-electron chi connectivity index (χ0n) is 8.84. The van der Waals surface area contributed by atoms with Gasteiger partial charge in [-0.3, -0.25) is 0 Å². The average Bonchev–Trinajstić information content (AvgIpc) is 2.42. The Morgan fingerprint density at radius 1 is 1.50 bits per heavy atom. The first-order chi connectivity index (χ1) is 7.27. The number of nitrogens with zero attached hydrogens (tertiary/aromatic N) is 3. The van der Waals surface area contributed by atoms with E-state index in [2.05, 4.69) is 5.10 Å². The van der Waals surface area contributed by atoms with Crippen molar-refractivity contribution in [2.24, 2.45) is 5.92 Å². The van der Waals surface area contributed by atoms with Gasteiger partial charge in [0.25, 0.3) is 0 Å². The van der Waals surface area contributed by atoms with Crippen molar-refractivity contribution < 1.29 is 13.2 Å². The van der Waals surface area contributed by atoms with Gasteiger partial charge in [0.15, 0.2) is 5.69 Å². The highest BCUT2D eigenvalue weighted by atomic mass is 19.4. The highest BCUT2D eigenvalue weighted by molar-refractivity contribution is 5.52. The molecule has 0 amide bonds. The molecule has 0 fully saturated rings. The number of hydrogen-bond donors (Lipinski definition) is 1. The van der Waals surface area contributed by atoms with Crippen molar-refractivity contribution in [3.8, 4) is 6.07 Å². The van der Waals surface area contributed by atoms with Gasteiger partial charge in [-0.15, -0.1) is 0 Å². The molecular formula is C9H11F3N4. The van der Waals surface area contributed by atoms with Gasteiger partial charge in [-0.1, -0.05) is 13.8 Å². The number of nitriles is 1. The molecule has 0 spiro atoms. The fourth-order valence-electron chi connectivity index (χ4n) is 1.27. The first-order valence-corrected chi connectivity index (χ1v) is 4.61. The van der Waals surface area contributed by atoms with E-state index in [1.165, 1.54) is 6.07 Å². The smallest absolute Gasteiger partial charge is 0.383 e. The lowest BCUT2D eigenvalue weighted by molar-refractivity contribution is -0.141. The number of nitrogen functional groups attached to an aromatic ring is 1. The number of anilines is 1. The standard InChI is InChI=1S/C9H11F3N4/c1-5(2)4-16-8(14)6(3-13)7(15-16)9(10,11)12/h5H,4,14H2,1-2H3. The van der Waals surface area contributed by atoms with Crippen LogP contribution in [-0.2, 0) is 12.7 Å².